The van der Waals surface area contributed by atoms with Crippen LogP contribution in [0.3, 0.4) is 0 Å². The van der Waals surface area contributed by atoms with Crippen LogP contribution in [0.5, 0.6) is 5.75 Å². The lowest BCUT2D eigenvalue weighted by atomic mass is 9.83. The second-order valence-electron chi connectivity index (χ2n) is 6.47. The van der Waals surface area contributed by atoms with Gasteiger partial charge in [0, 0.05) is 12.5 Å². The van der Waals surface area contributed by atoms with E-state index in [1.54, 1.807) is 12.1 Å². The summed E-state index contributed by atoms with van der Waals surface area (Å²) in [6.45, 7) is 0.463. The zero-order valence-corrected chi connectivity index (χ0v) is 14.7. The smallest absolute Gasteiger partial charge is 0.258 e. The first kappa shape index (κ1) is 18.0. The highest BCUT2D eigenvalue weighted by atomic mass is 16.5. The van der Waals surface area contributed by atoms with Crippen molar-refractivity contribution in [2.45, 2.75) is 25.2 Å². The average Bonchev–Trinajstić information content (AvgIpc) is 2.70. The summed E-state index contributed by atoms with van der Waals surface area (Å²) in [5.74, 6) is 0.484. The zero-order valence-electron chi connectivity index (χ0n) is 14.7. The standard InChI is InChI=1S/C21H24N2O3/c24-20(14-23-21(25)15-26-18-10-2-1-3-11-18)22-13-17-9-6-8-16-7-4-5-12-19(16)17/h1-5,7,10-12,17H,6,8-9,13-15H2,(H,22,24)(H,23,25). The van der Waals surface area contributed by atoms with Gasteiger partial charge in [-0.05, 0) is 42.5 Å². The molecule has 1 aliphatic rings. The predicted octanol–water partition coefficient (Wildman–Crippen LogP) is 2.42. The van der Waals surface area contributed by atoms with Crippen molar-refractivity contribution in [1.29, 1.82) is 0 Å². The first-order chi connectivity index (χ1) is 12.7. The van der Waals surface area contributed by atoms with Crippen LogP contribution < -0.4 is 15.4 Å². The van der Waals surface area contributed by atoms with Gasteiger partial charge in [-0.1, -0.05) is 42.5 Å². The lowest BCUT2D eigenvalue weighted by Crippen LogP contribution is -2.40. The Morgan fingerprint density at radius 2 is 1.73 bits per heavy atom. The van der Waals surface area contributed by atoms with Crippen molar-refractivity contribution in [1.82, 2.24) is 10.6 Å². The van der Waals surface area contributed by atoms with Gasteiger partial charge in [-0.25, -0.2) is 0 Å². The molecule has 2 amide bonds. The maximum absolute atomic E-state index is 12.0. The lowest BCUT2D eigenvalue weighted by molar-refractivity contribution is -0.127. The third-order valence-electron chi connectivity index (χ3n) is 4.60. The van der Waals surface area contributed by atoms with Crippen LogP contribution in [0.2, 0.25) is 0 Å². The van der Waals surface area contributed by atoms with Crippen molar-refractivity contribution in [3.05, 3.63) is 65.7 Å². The summed E-state index contributed by atoms with van der Waals surface area (Å²) in [6.07, 6.45) is 3.33. The Hall–Kier alpha value is -2.82. The first-order valence-electron chi connectivity index (χ1n) is 9.01. The van der Waals surface area contributed by atoms with Crippen molar-refractivity contribution in [2.24, 2.45) is 0 Å². The second kappa shape index (κ2) is 9.04. The molecule has 1 unspecified atom stereocenters. The van der Waals surface area contributed by atoms with Crippen molar-refractivity contribution >= 4 is 11.8 Å². The van der Waals surface area contributed by atoms with E-state index in [0.717, 1.165) is 19.3 Å². The van der Waals surface area contributed by atoms with E-state index in [2.05, 4.69) is 28.8 Å². The minimum Gasteiger partial charge on any atom is -0.484 e. The molecule has 1 atom stereocenters. The molecule has 0 saturated carbocycles. The monoisotopic (exact) mass is 352 g/mol. The van der Waals surface area contributed by atoms with E-state index >= 15 is 0 Å². The van der Waals surface area contributed by atoms with Crippen molar-refractivity contribution in [3.63, 3.8) is 0 Å². The van der Waals surface area contributed by atoms with E-state index < -0.39 is 0 Å². The quantitative estimate of drug-likeness (QED) is 0.804. The van der Waals surface area contributed by atoms with Gasteiger partial charge >= 0.3 is 0 Å². The van der Waals surface area contributed by atoms with Gasteiger partial charge in [-0.15, -0.1) is 0 Å². The molecule has 0 aliphatic heterocycles. The van der Waals surface area contributed by atoms with Crippen molar-refractivity contribution < 1.29 is 14.3 Å². The maximum atomic E-state index is 12.0. The first-order valence-corrected chi connectivity index (χ1v) is 9.01. The Labute approximate surface area is 153 Å². The number of aryl methyl sites for hydroxylation is 1. The normalized spacial score (nSPS) is 15.6. The van der Waals surface area contributed by atoms with Crippen LogP contribution >= 0.6 is 0 Å². The molecule has 136 valence electrons. The highest BCUT2D eigenvalue weighted by Crippen LogP contribution is 2.30. The minimum absolute atomic E-state index is 0.0364. The van der Waals surface area contributed by atoms with E-state index in [-0.39, 0.29) is 25.0 Å². The van der Waals surface area contributed by atoms with Crippen LogP contribution in [0.4, 0.5) is 0 Å². The highest BCUT2D eigenvalue weighted by molar-refractivity contribution is 5.85. The van der Waals surface area contributed by atoms with E-state index in [9.17, 15) is 9.59 Å². The average molecular weight is 352 g/mol. The fourth-order valence-corrected chi connectivity index (χ4v) is 3.26. The van der Waals surface area contributed by atoms with Gasteiger partial charge in [0.25, 0.3) is 5.91 Å². The van der Waals surface area contributed by atoms with Gasteiger partial charge in [-0.3, -0.25) is 9.59 Å². The number of carbonyl (C=O) groups excluding carboxylic acids is 2. The number of hydrogen-bond acceptors (Lipinski definition) is 3. The van der Waals surface area contributed by atoms with Gasteiger partial charge in [0.05, 0.1) is 6.54 Å². The molecule has 0 spiro atoms. The fraction of sp³-hybridized carbons (Fsp3) is 0.333. The number of benzene rings is 2. The summed E-state index contributed by atoms with van der Waals surface area (Å²) in [5, 5.41) is 5.51. The zero-order chi connectivity index (χ0) is 18.2. The molecule has 2 aromatic carbocycles. The topological polar surface area (TPSA) is 67.4 Å². The summed E-state index contributed by atoms with van der Waals surface area (Å²) in [4.78, 5) is 23.8. The van der Waals surface area contributed by atoms with Gasteiger partial charge in [0.1, 0.15) is 5.75 Å². The summed E-state index contributed by atoms with van der Waals surface area (Å²) in [5.41, 5.74) is 2.71. The molecule has 0 fully saturated rings. The lowest BCUT2D eigenvalue weighted by Gasteiger charge is -2.25. The van der Waals surface area contributed by atoms with E-state index in [1.165, 1.54) is 11.1 Å². The molecule has 5 heteroatoms. The molecule has 2 aromatic rings. The van der Waals surface area contributed by atoms with Crippen LogP contribution in [0.1, 0.15) is 29.9 Å². The fourth-order valence-electron chi connectivity index (χ4n) is 3.26. The highest BCUT2D eigenvalue weighted by Gasteiger charge is 2.20. The number of ether oxygens (including phenoxy) is 1. The molecule has 26 heavy (non-hydrogen) atoms. The third-order valence-corrected chi connectivity index (χ3v) is 4.60. The summed E-state index contributed by atoms with van der Waals surface area (Å²) in [6, 6.07) is 17.5. The van der Waals surface area contributed by atoms with E-state index in [4.69, 9.17) is 4.74 Å². The van der Waals surface area contributed by atoms with Gasteiger partial charge < -0.3 is 15.4 Å². The Balaban J connectivity index is 1.38. The van der Waals surface area contributed by atoms with E-state index in [1.807, 2.05) is 24.3 Å². The molecule has 2 N–H and O–H groups in total. The summed E-state index contributed by atoms with van der Waals surface area (Å²) < 4.78 is 5.35. The Kier molecular flexibility index (Phi) is 6.25. The van der Waals surface area contributed by atoms with Crippen molar-refractivity contribution in [3.8, 4) is 5.75 Å². The molecular weight excluding hydrogens is 328 g/mol. The maximum Gasteiger partial charge on any atom is 0.258 e. The van der Waals surface area contributed by atoms with Crippen LogP contribution in [0, 0.1) is 0 Å². The minimum atomic E-state index is -0.313. The molecule has 0 bridgehead atoms. The van der Waals surface area contributed by atoms with Gasteiger partial charge in [0.2, 0.25) is 5.91 Å². The summed E-state index contributed by atoms with van der Waals surface area (Å²) in [7, 11) is 0. The molecular formula is C21H24N2O3. The van der Waals surface area contributed by atoms with Gasteiger partial charge in [0.15, 0.2) is 6.61 Å². The Morgan fingerprint density at radius 3 is 2.58 bits per heavy atom. The number of carbonyl (C=O) groups is 2. The largest absolute Gasteiger partial charge is 0.484 e. The number of fused-ring (bicyclic) bond motifs is 1. The molecule has 0 radical (unpaired) electrons. The van der Waals surface area contributed by atoms with Crippen LogP contribution in [0.15, 0.2) is 54.6 Å². The number of para-hydroxylation sites is 1. The molecule has 1 aliphatic carbocycles. The van der Waals surface area contributed by atoms with Crippen LogP contribution in [-0.4, -0.2) is 31.5 Å². The Morgan fingerprint density at radius 1 is 0.962 bits per heavy atom. The number of rotatable bonds is 7. The summed E-state index contributed by atoms with van der Waals surface area (Å²) >= 11 is 0. The second-order valence-corrected chi connectivity index (χ2v) is 6.47. The molecule has 5 nitrogen and oxygen atoms in total. The third kappa shape index (κ3) is 5.09. The molecule has 0 aromatic heterocycles. The van der Waals surface area contributed by atoms with Crippen LogP contribution in [0.25, 0.3) is 0 Å². The van der Waals surface area contributed by atoms with Crippen LogP contribution in [-0.2, 0) is 16.0 Å². The Bertz CT molecular complexity index is 746. The number of amides is 2. The van der Waals surface area contributed by atoms with E-state index in [0.29, 0.717) is 18.2 Å². The number of hydrogen-bond donors (Lipinski definition) is 2. The molecule has 0 saturated heterocycles. The predicted molar refractivity (Wildman–Crippen MR) is 100 cm³/mol. The molecule has 3 rings (SSSR count). The SMILES string of the molecule is O=C(CNC(=O)COc1ccccc1)NCC1CCCc2ccccc21. The van der Waals surface area contributed by atoms with Crippen molar-refractivity contribution in [2.75, 3.05) is 19.7 Å². The number of nitrogens with one attached hydrogen (secondary N) is 2. The van der Waals surface area contributed by atoms with Gasteiger partial charge in [-0.2, -0.15) is 0 Å². The molecule has 0 heterocycles.